The molecule has 1 rings (SSSR count). The third-order valence-electron chi connectivity index (χ3n) is 7.90. The molecule has 1 unspecified atom stereocenters. The fraction of sp³-hybridized carbons (Fsp3) is 0.964. The van der Waals surface area contributed by atoms with Gasteiger partial charge in [-0.1, -0.05) is 136 Å². The standard InChI is InChI=1S/C28H54O2/c1-3-4-5-6-7-8-9-10-11-12-13-14-15-16-17-19-22-28(23-20-18-21-24-28)26(2)25-27(29)30/h26H,3-25H2,1-2H3,(H,29,30). The van der Waals surface area contributed by atoms with E-state index in [0.717, 1.165) is 0 Å². The van der Waals surface area contributed by atoms with Gasteiger partial charge in [0.1, 0.15) is 0 Å². The number of hydrogen-bond acceptors (Lipinski definition) is 1. The molecule has 1 atom stereocenters. The zero-order chi connectivity index (χ0) is 21.9. The van der Waals surface area contributed by atoms with Crippen LogP contribution in [0.15, 0.2) is 0 Å². The van der Waals surface area contributed by atoms with E-state index < -0.39 is 5.97 Å². The van der Waals surface area contributed by atoms with Crippen LogP contribution in [-0.4, -0.2) is 11.1 Å². The minimum atomic E-state index is -0.612. The summed E-state index contributed by atoms with van der Waals surface area (Å²) in [5.74, 6) is -0.272. The Morgan fingerprint density at radius 2 is 1.10 bits per heavy atom. The van der Waals surface area contributed by atoms with E-state index in [-0.39, 0.29) is 0 Å². The molecule has 1 saturated carbocycles. The molecule has 0 amide bonds. The number of carboxylic acids is 1. The SMILES string of the molecule is CCCCCCCCCCCCCCCCCCC1(C(C)CC(=O)O)CCCCC1. The smallest absolute Gasteiger partial charge is 0.303 e. The predicted octanol–water partition coefficient (Wildman–Crippen LogP) is 9.70. The molecule has 0 radical (unpaired) electrons. The maximum Gasteiger partial charge on any atom is 0.303 e. The first-order valence-electron chi connectivity index (χ1n) is 13.8. The van der Waals surface area contributed by atoms with Crippen molar-refractivity contribution in [2.45, 2.75) is 162 Å². The highest BCUT2D eigenvalue weighted by Gasteiger charge is 2.37. The number of carboxylic acid groups (broad SMARTS) is 1. The van der Waals surface area contributed by atoms with Crippen LogP contribution in [0.25, 0.3) is 0 Å². The van der Waals surface area contributed by atoms with Crippen LogP contribution < -0.4 is 0 Å². The van der Waals surface area contributed by atoms with Gasteiger partial charge in [-0.25, -0.2) is 0 Å². The van der Waals surface area contributed by atoms with Crippen molar-refractivity contribution >= 4 is 5.97 Å². The summed E-state index contributed by atoms with van der Waals surface area (Å²) in [5.41, 5.74) is 0.326. The fourth-order valence-corrected chi connectivity index (χ4v) is 5.75. The van der Waals surface area contributed by atoms with Gasteiger partial charge in [-0.05, 0) is 30.6 Å². The maximum atomic E-state index is 11.2. The van der Waals surface area contributed by atoms with E-state index in [1.165, 1.54) is 141 Å². The van der Waals surface area contributed by atoms with Gasteiger partial charge >= 0.3 is 5.97 Å². The molecule has 1 aliphatic carbocycles. The monoisotopic (exact) mass is 422 g/mol. The first-order valence-corrected chi connectivity index (χ1v) is 13.8. The lowest BCUT2D eigenvalue weighted by Crippen LogP contribution is -2.33. The summed E-state index contributed by atoms with van der Waals surface area (Å²) < 4.78 is 0. The van der Waals surface area contributed by atoms with Gasteiger partial charge in [0, 0.05) is 6.42 Å². The van der Waals surface area contributed by atoms with Crippen molar-refractivity contribution in [3.63, 3.8) is 0 Å². The summed E-state index contributed by atoms with van der Waals surface area (Å²) in [5, 5.41) is 9.24. The van der Waals surface area contributed by atoms with Crippen molar-refractivity contribution in [3.8, 4) is 0 Å². The quantitative estimate of drug-likeness (QED) is 0.198. The highest BCUT2D eigenvalue weighted by molar-refractivity contribution is 5.67. The largest absolute Gasteiger partial charge is 0.481 e. The van der Waals surface area contributed by atoms with E-state index in [2.05, 4.69) is 13.8 Å². The van der Waals surface area contributed by atoms with Crippen LogP contribution in [0.3, 0.4) is 0 Å². The van der Waals surface area contributed by atoms with Crippen molar-refractivity contribution < 1.29 is 9.90 Å². The molecule has 1 aliphatic rings. The summed E-state index contributed by atoms with van der Waals surface area (Å²) in [7, 11) is 0. The minimum absolute atomic E-state index is 0.326. The lowest BCUT2D eigenvalue weighted by molar-refractivity contribution is -0.139. The molecular weight excluding hydrogens is 368 g/mol. The van der Waals surface area contributed by atoms with Crippen molar-refractivity contribution in [3.05, 3.63) is 0 Å². The molecule has 0 aromatic rings. The van der Waals surface area contributed by atoms with Gasteiger partial charge in [0.2, 0.25) is 0 Å². The van der Waals surface area contributed by atoms with Gasteiger partial charge < -0.3 is 5.11 Å². The molecule has 0 aliphatic heterocycles. The van der Waals surface area contributed by atoms with Crippen molar-refractivity contribution in [1.29, 1.82) is 0 Å². The third-order valence-corrected chi connectivity index (χ3v) is 7.90. The van der Waals surface area contributed by atoms with Gasteiger partial charge in [0.15, 0.2) is 0 Å². The van der Waals surface area contributed by atoms with E-state index in [1.807, 2.05) is 0 Å². The summed E-state index contributed by atoms with van der Waals surface area (Å²) in [4.78, 5) is 11.2. The van der Waals surface area contributed by atoms with Gasteiger partial charge in [-0.3, -0.25) is 4.79 Å². The van der Waals surface area contributed by atoms with Crippen LogP contribution in [0.5, 0.6) is 0 Å². The average Bonchev–Trinajstić information content (AvgIpc) is 2.73. The molecule has 0 aromatic heterocycles. The highest BCUT2D eigenvalue weighted by atomic mass is 16.4. The minimum Gasteiger partial charge on any atom is -0.481 e. The van der Waals surface area contributed by atoms with Crippen LogP contribution in [-0.2, 0) is 4.79 Å². The topological polar surface area (TPSA) is 37.3 Å². The molecule has 0 bridgehead atoms. The van der Waals surface area contributed by atoms with E-state index >= 15 is 0 Å². The Morgan fingerprint density at radius 1 is 0.700 bits per heavy atom. The summed E-state index contributed by atoms with van der Waals surface area (Å²) in [6, 6.07) is 0. The number of hydrogen-bond donors (Lipinski definition) is 1. The van der Waals surface area contributed by atoms with Gasteiger partial charge in [0.25, 0.3) is 0 Å². The molecule has 0 aromatic carbocycles. The molecule has 1 N–H and O–H groups in total. The Morgan fingerprint density at radius 3 is 1.50 bits per heavy atom. The summed E-state index contributed by atoms with van der Waals surface area (Å²) in [6.45, 7) is 4.49. The first-order chi connectivity index (χ1) is 14.6. The number of rotatable bonds is 20. The maximum absolute atomic E-state index is 11.2. The number of aliphatic carboxylic acids is 1. The van der Waals surface area contributed by atoms with E-state index in [1.54, 1.807) is 0 Å². The molecular formula is C28H54O2. The van der Waals surface area contributed by atoms with E-state index in [9.17, 15) is 9.90 Å². The van der Waals surface area contributed by atoms with Crippen LogP contribution in [0.1, 0.15) is 162 Å². The second kappa shape index (κ2) is 18.1. The normalized spacial score (nSPS) is 17.1. The van der Waals surface area contributed by atoms with Crippen molar-refractivity contribution in [2.75, 3.05) is 0 Å². The second-order valence-corrected chi connectivity index (χ2v) is 10.5. The third kappa shape index (κ3) is 13.0. The van der Waals surface area contributed by atoms with Crippen LogP contribution in [0, 0.1) is 11.3 Å². The summed E-state index contributed by atoms with van der Waals surface area (Å²) >= 11 is 0. The predicted molar refractivity (Wildman–Crippen MR) is 131 cm³/mol. The zero-order valence-corrected chi connectivity index (χ0v) is 20.7. The Hall–Kier alpha value is -0.530. The second-order valence-electron chi connectivity index (χ2n) is 10.5. The molecule has 30 heavy (non-hydrogen) atoms. The number of carbonyl (C=O) groups is 1. The average molecular weight is 423 g/mol. The summed E-state index contributed by atoms with van der Waals surface area (Å²) in [6.07, 6.45) is 30.7. The van der Waals surface area contributed by atoms with Gasteiger partial charge in [0.05, 0.1) is 0 Å². The molecule has 0 heterocycles. The van der Waals surface area contributed by atoms with Crippen molar-refractivity contribution in [1.82, 2.24) is 0 Å². The fourth-order valence-electron chi connectivity index (χ4n) is 5.75. The van der Waals surface area contributed by atoms with Gasteiger partial charge in [-0.15, -0.1) is 0 Å². The van der Waals surface area contributed by atoms with Crippen molar-refractivity contribution in [2.24, 2.45) is 11.3 Å². The molecule has 2 heteroatoms. The Bertz CT molecular complexity index is 397. The Balaban J connectivity index is 1.96. The van der Waals surface area contributed by atoms with Crippen LogP contribution >= 0.6 is 0 Å². The van der Waals surface area contributed by atoms with Gasteiger partial charge in [-0.2, -0.15) is 0 Å². The van der Waals surface area contributed by atoms with Crippen LogP contribution in [0.2, 0.25) is 0 Å². The number of unbranched alkanes of at least 4 members (excludes halogenated alkanes) is 15. The lowest BCUT2D eigenvalue weighted by atomic mass is 9.63. The Labute approximate surface area is 189 Å². The highest BCUT2D eigenvalue weighted by Crippen LogP contribution is 2.47. The van der Waals surface area contributed by atoms with E-state index in [0.29, 0.717) is 17.8 Å². The van der Waals surface area contributed by atoms with Crippen LogP contribution in [0.4, 0.5) is 0 Å². The molecule has 1 fully saturated rings. The molecule has 178 valence electrons. The molecule has 0 saturated heterocycles. The Kier molecular flexibility index (Phi) is 16.6. The molecule has 0 spiro atoms. The molecule has 2 nitrogen and oxygen atoms in total. The lowest BCUT2D eigenvalue weighted by Gasteiger charge is -2.42. The first kappa shape index (κ1) is 27.5. The van der Waals surface area contributed by atoms with E-state index in [4.69, 9.17) is 0 Å². The zero-order valence-electron chi connectivity index (χ0n) is 20.7.